The molecule has 9 nitrogen and oxygen atoms in total. The molecule has 0 spiro atoms. The van der Waals surface area contributed by atoms with Crippen LogP contribution in [0.3, 0.4) is 0 Å². The van der Waals surface area contributed by atoms with Crippen molar-refractivity contribution in [2.45, 2.75) is 12.1 Å². The van der Waals surface area contributed by atoms with Crippen LogP contribution in [-0.2, 0) is 4.79 Å². The number of nitro groups is 1. The molecule has 0 aliphatic heterocycles. The number of benzene rings is 2. The first-order valence-electron chi connectivity index (χ1n) is 8.02. The Labute approximate surface area is 156 Å². The van der Waals surface area contributed by atoms with Crippen LogP contribution in [0, 0.1) is 17.0 Å². The quantitative estimate of drug-likeness (QED) is 0.311. The Bertz CT molecular complexity index is 1180. The van der Waals surface area contributed by atoms with Gasteiger partial charge in [0.15, 0.2) is 5.16 Å². The van der Waals surface area contributed by atoms with Crippen LogP contribution in [-0.4, -0.2) is 36.2 Å². The van der Waals surface area contributed by atoms with Crippen LogP contribution < -0.4 is 5.32 Å². The standard InChI is InChI=1S/C17H14N6O3S/c1-10-6-7-12(14(8-10)23(25)26)18-15(24)9-27-17-21-20-16-19-11-4-2-3-5-13(11)22(16)17/h2-8H,9H2,1H3,(H,18,24)(H,19,20). The number of aromatic amines is 1. The fourth-order valence-corrected chi connectivity index (χ4v) is 3.51. The summed E-state index contributed by atoms with van der Waals surface area (Å²) in [6.07, 6.45) is 0. The lowest BCUT2D eigenvalue weighted by atomic mass is 10.2. The lowest BCUT2D eigenvalue weighted by molar-refractivity contribution is -0.384. The van der Waals surface area contributed by atoms with Crippen molar-refractivity contribution < 1.29 is 9.72 Å². The van der Waals surface area contributed by atoms with E-state index < -0.39 is 4.92 Å². The largest absolute Gasteiger partial charge is 0.320 e. The Kier molecular flexibility index (Phi) is 4.24. The molecule has 2 heterocycles. The molecule has 2 aromatic heterocycles. The van der Waals surface area contributed by atoms with E-state index in [1.54, 1.807) is 13.0 Å². The number of H-pyrrole nitrogens is 1. The molecule has 136 valence electrons. The van der Waals surface area contributed by atoms with Gasteiger partial charge in [0.05, 0.1) is 21.7 Å². The minimum atomic E-state index is -0.509. The number of carbonyl (C=O) groups excluding carboxylic acids is 1. The minimum absolute atomic E-state index is 0.0531. The Morgan fingerprint density at radius 3 is 2.96 bits per heavy atom. The van der Waals surface area contributed by atoms with Gasteiger partial charge in [-0.2, -0.15) is 0 Å². The third kappa shape index (κ3) is 3.22. The van der Waals surface area contributed by atoms with Gasteiger partial charge in [0, 0.05) is 6.07 Å². The van der Waals surface area contributed by atoms with Crippen LogP contribution in [0.25, 0.3) is 16.8 Å². The van der Waals surface area contributed by atoms with Gasteiger partial charge in [-0.05, 0) is 30.7 Å². The van der Waals surface area contributed by atoms with Crippen LogP contribution in [0.2, 0.25) is 0 Å². The first kappa shape index (κ1) is 17.0. The van der Waals surface area contributed by atoms with Gasteiger partial charge >= 0.3 is 0 Å². The number of amides is 1. The number of nitrogens with zero attached hydrogens (tertiary/aromatic N) is 4. The lowest BCUT2D eigenvalue weighted by Crippen LogP contribution is -2.15. The zero-order valence-electron chi connectivity index (χ0n) is 14.2. The van der Waals surface area contributed by atoms with Crippen molar-refractivity contribution in [3.63, 3.8) is 0 Å². The summed E-state index contributed by atoms with van der Waals surface area (Å²) in [6, 6.07) is 12.3. The molecule has 0 saturated carbocycles. The van der Waals surface area contributed by atoms with Crippen LogP contribution in [0.1, 0.15) is 5.56 Å². The van der Waals surface area contributed by atoms with Gasteiger partial charge < -0.3 is 5.32 Å². The predicted octanol–water partition coefficient (Wildman–Crippen LogP) is 3.16. The Morgan fingerprint density at radius 2 is 2.15 bits per heavy atom. The molecule has 0 unspecified atom stereocenters. The molecule has 0 fully saturated rings. The monoisotopic (exact) mass is 382 g/mol. The number of rotatable bonds is 5. The molecule has 0 saturated heterocycles. The van der Waals surface area contributed by atoms with Gasteiger partial charge in [-0.15, -0.1) is 5.10 Å². The number of hydrogen-bond donors (Lipinski definition) is 2. The fourth-order valence-electron chi connectivity index (χ4n) is 2.75. The third-order valence-corrected chi connectivity index (χ3v) is 4.90. The zero-order chi connectivity index (χ0) is 19.0. The van der Waals surface area contributed by atoms with Crippen molar-refractivity contribution in [3.05, 3.63) is 58.1 Å². The van der Waals surface area contributed by atoms with Crippen molar-refractivity contribution in [2.24, 2.45) is 0 Å². The third-order valence-electron chi connectivity index (χ3n) is 3.96. The van der Waals surface area contributed by atoms with Gasteiger partial charge in [-0.1, -0.05) is 30.0 Å². The van der Waals surface area contributed by atoms with Crippen molar-refractivity contribution in [1.82, 2.24) is 19.6 Å². The molecule has 2 aromatic carbocycles. The van der Waals surface area contributed by atoms with E-state index in [1.807, 2.05) is 28.7 Å². The van der Waals surface area contributed by atoms with Crippen molar-refractivity contribution in [3.8, 4) is 0 Å². The number of para-hydroxylation sites is 2. The van der Waals surface area contributed by atoms with Gasteiger partial charge in [0.25, 0.3) is 5.69 Å². The van der Waals surface area contributed by atoms with Crippen LogP contribution in [0.15, 0.2) is 47.6 Å². The first-order chi connectivity index (χ1) is 13.0. The molecule has 0 radical (unpaired) electrons. The van der Waals surface area contributed by atoms with Crippen LogP contribution >= 0.6 is 11.8 Å². The number of hydrogen-bond acceptors (Lipinski definition) is 6. The molecule has 0 aliphatic carbocycles. The summed E-state index contributed by atoms with van der Waals surface area (Å²) in [6.45, 7) is 1.76. The lowest BCUT2D eigenvalue weighted by Gasteiger charge is -2.06. The summed E-state index contributed by atoms with van der Waals surface area (Å²) in [5, 5.41) is 21.4. The molecule has 10 heteroatoms. The molecular formula is C17H14N6O3S. The summed E-state index contributed by atoms with van der Waals surface area (Å²) in [4.78, 5) is 27.4. The first-order valence-corrected chi connectivity index (χ1v) is 9.01. The number of imidazole rings is 1. The van der Waals surface area contributed by atoms with E-state index in [0.717, 1.165) is 16.6 Å². The van der Waals surface area contributed by atoms with Gasteiger partial charge in [-0.25, -0.2) is 10.1 Å². The predicted molar refractivity (Wildman–Crippen MR) is 102 cm³/mol. The Hall–Kier alpha value is -3.40. The maximum Gasteiger partial charge on any atom is 0.293 e. The molecule has 27 heavy (non-hydrogen) atoms. The minimum Gasteiger partial charge on any atom is -0.320 e. The molecule has 4 aromatic rings. The number of nitrogens with one attached hydrogen (secondary N) is 2. The van der Waals surface area contributed by atoms with Crippen LogP contribution in [0.4, 0.5) is 11.4 Å². The van der Waals surface area contributed by atoms with Gasteiger partial charge in [-0.3, -0.25) is 19.3 Å². The number of fused-ring (bicyclic) bond motifs is 3. The summed E-state index contributed by atoms with van der Waals surface area (Å²) >= 11 is 1.22. The van der Waals surface area contributed by atoms with Crippen molar-refractivity contribution in [1.29, 1.82) is 0 Å². The molecule has 4 rings (SSSR count). The fraction of sp³-hybridized carbons (Fsp3) is 0.118. The summed E-state index contributed by atoms with van der Waals surface area (Å²) < 4.78 is 1.83. The van der Waals surface area contributed by atoms with E-state index >= 15 is 0 Å². The van der Waals surface area contributed by atoms with E-state index in [1.165, 1.54) is 23.9 Å². The van der Waals surface area contributed by atoms with E-state index in [0.29, 0.717) is 10.9 Å². The summed E-state index contributed by atoms with van der Waals surface area (Å²) in [7, 11) is 0. The van der Waals surface area contributed by atoms with Crippen molar-refractivity contribution >= 4 is 45.9 Å². The second kappa shape index (κ2) is 6.72. The summed E-state index contributed by atoms with van der Waals surface area (Å²) in [5.74, 6) is 0.290. The molecular weight excluding hydrogens is 368 g/mol. The van der Waals surface area contributed by atoms with E-state index in [-0.39, 0.29) is 23.0 Å². The smallest absolute Gasteiger partial charge is 0.293 e. The second-order valence-corrected chi connectivity index (χ2v) is 6.82. The highest BCUT2D eigenvalue weighted by Gasteiger charge is 2.17. The maximum atomic E-state index is 12.3. The van der Waals surface area contributed by atoms with E-state index in [2.05, 4.69) is 20.5 Å². The number of anilines is 1. The highest BCUT2D eigenvalue weighted by Crippen LogP contribution is 2.26. The van der Waals surface area contributed by atoms with E-state index in [4.69, 9.17) is 0 Å². The second-order valence-electron chi connectivity index (χ2n) is 5.88. The zero-order valence-corrected chi connectivity index (χ0v) is 15.0. The Balaban J connectivity index is 1.52. The number of aromatic nitrogens is 4. The average Bonchev–Trinajstić information content (AvgIpc) is 3.20. The van der Waals surface area contributed by atoms with Crippen molar-refractivity contribution in [2.75, 3.05) is 11.1 Å². The maximum absolute atomic E-state index is 12.3. The highest BCUT2D eigenvalue weighted by atomic mass is 32.2. The summed E-state index contributed by atoms with van der Waals surface area (Å²) in [5.41, 5.74) is 2.51. The van der Waals surface area contributed by atoms with E-state index in [9.17, 15) is 14.9 Å². The normalized spacial score (nSPS) is 11.1. The van der Waals surface area contributed by atoms with Gasteiger partial charge in [0.2, 0.25) is 11.7 Å². The van der Waals surface area contributed by atoms with Gasteiger partial charge in [0.1, 0.15) is 5.69 Å². The van der Waals surface area contributed by atoms with Crippen LogP contribution in [0.5, 0.6) is 0 Å². The number of nitro benzene ring substituents is 1. The molecule has 0 aliphatic rings. The number of aryl methyl sites for hydroxylation is 1. The number of thioether (sulfide) groups is 1. The highest BCUT2D eigenvalue weighted by molar-refractivity contribution is 7.99. The molecule has 0 atom stereocenters. The number of carbonyl (C=O) groups is 1. The Morgan fingerprint density at radius 1 is 1.33 bits per heavy atom. The molecule has 2 N–H and O–H groups in total. The SMILES string of the molecule is Cc1ccc(NC(=O)CSc2n[nH]c3nc4ccccc4n23)c([N+](=O)[O-])c1. The molecule has 0 bridgehead atoms. The molecule has 1 amide bonds. The topological polar surface area (TPSA) is 118 Å². The average molecular weight is 382 g/mol.